The molecule has 0 aliphatic carbocycles. The predicted molar refractivity (Wildman–Crippen MR) is 95.1 cm³/mol. The zero-order valence-electron chi connectivity index (χ0n) is 15.5. The molecule has 0 radical (unpaired) electrons. The molecule has 12 heteroatoms. The number of methoxy groups -OCH3 is 1. The summed E-state index contributed by atoms with van der Waals surface area (Å²) in [6, 6.07) is 8.99. The van der Waals surface area contributed by atoms with E-state index in [4.69, 9.17) is 27.3 Å². The van der Waals surface area contributed by atoms with Crippen LogP contribution in [0.2, 0.25) is 0 Å². The van der Waals surface area contributed by atoms with E-state index in [9.17, 15) is 16.8 Å². The zero-order chi connectivity index (χ0) is 20.5. The highest BCUT2D eigenvalue weighted by molar-refractivity contribution is 7.86. The lowest BCUT2D eigenvalue weighted by Crippen LogP contribution is -2.64. The van der Waals surface area contributed by atoms with E-state index in [-0.39, 0.29) is 6.61 Å². The minimum Gasteiger partial charge on any atom is -0.353 e. The lowest BCUT2D eigenvalue weighted by atomic mass is 9.98. The van der Waals surface area contributed by atoms with Gasteiger partial charge in [-0.25, -0.2) is 0 Å². The largest absolute Gasteiger partial charge is 0.353 e. The highest BCUT2D eigenvalue weighted by Crippen LogP contribution is 2.37. The Kier molecular flexibility index (Phi) is 6.41. The smallest absolute Gasteiger partial charge is 0.264 e. The summed E-state index contributed by atoms with van der Waals surface area (Å²) in [6.45, 7) is 0.0549. The van der Waals surface area contributed by atoms with E-state index in [1.165, 1.54) is 7.11 Å². The van der Waals surface area contributed by atoms with Crippen molar-refractivity contribution in [1.29, 1.82) is 0 Å². The molecule has 28 heavy (non-hydrogen) atoms. The molecule has 0 bridgehead atoms. The van der Waals surface area contributed by atoms with Crippen molar-refractivity contribution in [3.63, 3.8) is 0 Å². The maximum Gasteiger partial charge on any atom is 0.264 e. The first-order valence-electron chi connectivity index (χ1n) is 8.34. The summed E-state index contributed by atoms with van der Waals surface area (Å²) in [7, 11) is -6.69. The standard InChI is InChI=1S/C16H22O10S2/c1-21-16-14(26-28(3,19)20)13(25-27(2,17)18)12-11(23-16)9-22-15(24-12)10-7-5-4-6-8-10/h4-8,11-16H,9H2,1-3H3/t11-,12-,13+,14-,15-,16+/m0/s1. The van der Waals surface area contributed by atoms with Gasteiger partial charge in [-0.05, 0) is 0 Å². The van der Waals surface area contributed by atoms with Crippen LogP contribution in [0.4, 0.5) is 0 Å². The maximum absolute atomic E-state index is 11.8. The Bertz CT molecular complexity index is 870. The van der Waals surface area contributed by atoms with Crippen LogP contribution in [0.3, 0.4) is 0 Å². The van der Waals surface area contributed by atoms with Crippen LogP contribution in [0, 0.1) is 0 Å². The minimum atomic E-state index is -3.98. The number of fused-ring (bicyclic) bond motifs is 1. The third-order valence-electron chi connectivity index (χ3n) is 4.16. The molecule has 0 N–H and O–H groups in total. The number of rotatable bonds is 6. The molecule has 0 amide bonds. The van der Waals surface area contributed by atoms with Crippen LogP contribution in [-0.4, -0.2) is 73.8 Å². The van der Waals surface area contributed by atoms with E-state index in [0.29, 0.717) is 5.56 Å². The minimum absolute atomic E-state index is 0.0549. The zero-order valence-corrected chi connectivity index (χ0v) is 17.1. The molecule has 2 aliphatic heterocycles. The molecule has 2 heterocycles. The van der Waals surface area contributed by atoms with Crippen molar-refractivity contribution >= 4 is 20.2 Å². The molecule has 2 aliphatic rings. The van der Waals surface area contributed by atoms with Gasteiger partial charge in [-0.1, -0.05) is 30.3 Å². The van der Waals surface area contributed by atoms with Crippen LogP contribution in [0.15, 0.2) is 30.3 Å². The lowest BCUT2D eigenvalue weighted by Gasteiger charge is -2.47. The fourth-order valence-corrected chi connectivity index (χ4v) is 4.36. The van der Waals surface area contributed by atoms with Gasteiger partial charge < -0.3 is 18.9 Å². The Morgan fingerprint density at radius 2 is 1.54 bits per heavy atom. The molecule has 1 aromatic carbocycles. The van der Waals surface area contributed by atoms with Gasteiger partial charge in [0.1, 0.15) is 18.3 Å². The van der Waals surface area contributed by atoms with E-state index >= 15 is 0 Å². The topological polar surface area (TPSA) is 124 Å². The lowest BCUT2D eigenvalue weighted by molar-refractivity contribution is -0.351. The van der Waals surface area contributed by atoms with Gasteiger partial charge in [0.25, 0.3) is 20.2 Å². The van der Waals surface area contributed by atoms with Crippen LogP contribution in [0.1, 0.15) is 11.9 Å². The van der Waals surface area contributed by atoms with Crippen molar-refractivity contribution in [1.82, 2.24) is 0 Å². The average molecular weight is 438 g/mol. The first-order chi connectivity index (χ1) is 13.1. The van der Waals surface area contributed by atoms with Gasteiger partial charge in [-0.15, -0.1) is 0 Å². The summed E-state index contributed by atoms with van der Waals surface area (Å²) in [5.41, 5.74) is 0.702. The first kappa shape index (κ1) is 21.6. The van der Waals surface area contributed by atoms with E-state index in [0.717, 1.165) is 12.5 Å². The van der Waals surface area contributed by atoms with Gasteiger partial charge in [-0.2, -0.15) is 16.8 Å². The van der Waals surface area contributed by atoms with Crippen molar-refractivity contribution in [3.8, 4) is 0 Å². The second-order valence-electron chi connectivity index (χ2n) is 6.49. The molecule has 2 fully saturated rings. The second-order valence-corrected chi connectivity index (χ2v) is 9.69. The quantitative estimate of drug-likeness (QED) is 0.567. The molecule has 0 spiro atoms. The molecule has 10 nitrogen and oxygen atoms in total. The summed E-state index contributed by atoms with van der Waals surface area (Å²) in [4.78, 5) is 0. The van der Waals surface area contributed by atoms with Crippen LogP contribution in [0.25, 0.3) is 0 Å². The third-order valence-corrected chi connectivity index (χ3v) is 5.30. The molecule has 2 saturated heterocycles. The molecule has 0 aromatic heterocycles. The number of ether oxygens (including phenoxy) is 4. The Balaban J connectivity index is 1.93. The number of hydrogen-bond donors (Lipinski definition) is 0. The summed E-state index contributed by atoms with van der Waals surface area (Å²) < 4.78 is 79.7. The first-order valence-corrected chi connectivity index (χ1v) is 12.0. The van der Waals surface area contributed by atoms with Crippen molar-refractivity contribution in [3.05, 3.63) is 35.9 Å². The fourth-order valence-electron chi connectivity index (χ4n) is 3.13. The van der Waals surface area contributed by atoms with Gasteiger partial charge in [-0.3, -0.25) is 8.37 Å². The third kappa shape index (κ3) is 5.27. The molecule has 3 rings (SSSR count). The second kappa shape index (κ2) is 8.32. The summed E-state index contributed by atoms with van der Waals surface area (Å²) in [6.07, 6.45) is -4.79. The van der Waals surface area contributed by atoms with Crippen LogP contribution in [0.5, 0.6) is 0 Å². The average Bonchev–Trinajstić information content (AvgIpc) is 2.61. The number of hydrogen-bond acceptors (Lipinski definition) is 10. The Morgan fingerprint density at radius 1 is 0.929 bits per heavy atom. The monoisotopic (exact) mass is 438 g/mol. The van der Waals surface area contributed by atoms with E-state index in [1.54, 1.807) is 24.3 Å². The van der Waals surface area contributed by atoms with Crippen molar-refractivity contribution < 1.29 is 44.1 Å². The Labute approximate surface area is 163 Å². The van der Waals surface area contributed by atoms with E-state index in [2.05, 4.69) is 0 Å². The van der Waals surface area contributed by atoms with Crippen molar-refractivity contribution in [2.24, 2.45) is 0 Å². The fraction of sp³-hybridized carbons (Fsp3) is 0.625. The van der Waals surface area contributed by atoms with Crippen LogP contribution >= 0.6 is 0 Å². The molecular weight excluding hydrogens is 416 g/mol. The summed E-state index contributed by atoms with van der Waals surface area (Å²) >= 11 is 0. The Morgan fingerprint density at radius 3 is 2.11 bits per heavy atom. The predicted octanol–water partition coefficient (Wildman–Crippen LogP) is 0.162. The summed E-state index contributed by atoms with van der Waals surface area (Å²) in [5, 5.41) is 0. The van der Waals surface area contributed by atoms with Gasteiger partial charge in [0.2, 0.25) is 0 Å². The SMILES string of the molecule is CO[C@@H]1O[C@H]2CO[C@H](c3ccccc3)O[C@@H]2[C@@H](OS(C)(=O)=O)[C@@H]1OS(C)(=O)=O. The van der Waals surface area contributed by atoms with Gasteiger partial charge in [0, 0.05) is 12.7 Å². The van der Waals surface area contributed by atoms with Gasteiger partial charge in [0.15, 0.2) is 18.7 Å². The molecular formula is C16H22O10S2. The maximum atomic E-state index is 11.8. The highest BCUT2D eigenvalue weighted by Gasteiger charge is 2.54. The highest BCUT2D eigenvalue weighted by atomic mass is 32.2. The van der Waals surface area contributed by atoms with Gasteiger partial charge in [0.05, 0.1) is 19.1 Å². The molecule has 6 atom stereocenters. The van der Waals surface area contributed by atoms with Gasteiger partial charge >= 0.3 is 0 Å². The normalized spacial score (nSPS) is 34.0. The van der Waals surface area contributed by atoms with Crippen molar-refractivity contribution in [2.45, 2.75) is 37.0 Å². The molecule has 0 saturated carbocycles. The van der Waals surface area contributed by atoms with Crippen molar-refractivity contribution in [2.75, 3.05) is 26.2 Å². The van der Waals surface area contributed by atoms with Crippen LogP contribution in [-0.2, 0) is 47.5 Å². The molecule has 0 unspecified atom stereocenters. The van der Waals surface area contributed by atoms with E-state index in [1.807, 2.05) is 6.07 Å². The molecule has 1 aromatic rings. The van der Waals surface area contributed by atoms with Crippen LogP contribution < -0.4 is 0 Å². The Hall–Kier alpha value is -1.12. The summed E-state index contributed by atoms with van der Waals surface area (Å²) in [5.74, 6) is 0. The number of benzene rings is 1. The molecule has 158 valence electrons. The van der Waals surface area contributed by atoms with E-state index < -0.39 is 57.2 Å².